The van der Waals surface area contributed by atoms with Gasteiger partial charge in [-0.25, -0.2) is 0 Å². The Labute approximate surface area is 133 Å². The maximum atomic E-state index is 12.2. The highest BCUT2D eigenvalue weighted by molar-refractivity contribution is 6.35. The van der Waals surface area contributed by atoms with Gasteiger partial charge in [-0.05, 0) is 32.0 Å². The van der Waals surface area contributed by atoms with E-state index in [1.54, 1.807) is 18.2 Å². The van der Waals surface area contributed by atoms with E-state index in [0.717, 1.165) is 19.6 Å². The van der Waals surface area contributed by atoms with Gasteiger partial charge in [0.2, 0.25) is 0 Å². The fourth-order valence-corrected chi connectivity index (χ4v) is 2.91. The Hall–Kier alpha value is -1.92. The fourth-order valence-electron chi connectivity index (χ4n) is 2.70. The van der Waals surface area contributed by atoms with Gasteiger partial charge in [0.1, 0.15) is 5.52 Å². The number of rotatable bonds is 4. The number of amides is 1. The van der Waals surface area contributed by atoms with Crippen molar-refractivity contribution in [3.05, 3.63) is 28.9 Å². The number of nitrogens with two attached hydrogens (primary N) is 1. The van der Waals surface area contributed by atoms with Crippen LogP contribution in [0.3, 0.4) is 0 Å². The molecule has 0 bridgehead atoms. The SMILES string of the molecule is Nc1c(C(=O)NCCN2CCCC2)nnc2c(Cl)cccc12. The van der Waals surface area contributed by atoms with Crippen LogP contribution >= 0.6 is 11.6 Å². The Balaban J connectivity index is 1.72. The van der Waals surface area contributed by atoms with Crippen molar-refractivity contribution in [2.45, 2.75) is 12.8 Å². The van der Waals surface area contributed by atoms with E-state index in [2.05, 4.69) is 20.4 Å². The monoisotopic (exact) mass is 319 g/mol. The first-order chi connectivity index (χ1) is 10.7. The molecule has 1 aliphatic rings. The fraction of sp³-hybridized carbons (Fsp3) is 0.400. The van der Waals surface area contributed by atoms with E-state index in [1.807, 2.05) is 0 Å². The lowest BCUT2D eigenvalue weighted by atomic mass is 10.1. The number of halogens is 1. The summed E-state index contributed by atoms with van der Waals surface area (Å²) in [7, 11) is 0. The summed E-state index contributed by atoms with van der Waals surface area (Å²) in [6.07, 6.45) is 2.47. The molecule has 1 amide bonds. The minimum atomic E-state index is -0.300. The number of benzene rings is 1. The molecule has 22 heavy (non-hydrogen) atoms. The Bertz CT molecular complexity index is 700. The second-order valence-electron chi connectivity index (χ2n) is 5.40. The molecule has 2 aromatic rings. The summed E-state index contributed by atoms with van der Waals surface area (Å²) in [5, 5.41) is 11.9. The van der Waals surface area contributed by atoms with Crippen LogP contribution in [0.15, 0.2) is 18.2 Å². The largest absolute Gasteiger partial charge is 0.396 e. The number of nitrogens with one attached hydrogen (secondary N) is 1. The molecule has 0 saturated carbocycles. The van der Waals surface area contributed by atoms with Crippen molar-refractivity contribution in [3.8, 4) is 0 Å². The lowest BCUT2D eigenvalue weighted by Gasteiger charge is -2.15. The number of aromatic nitrogens is 2. The summed E-state index contributed by atoms with van der Waals surface area (Å²) >= 11 is 6.05. The molecule has 0 aliphatic carbocycles. The minimum absolute atomic E-state index is 0.149. The van der Waals surface area contributed by atoms with E-state index in [1.165, 1.54) is 12.8 Å². The molecule has 116 valence electrons. The quantitative estimate of drug-likeness (QED) is 0.896. The first kappa shape index (κ1) is 15.0. The maximum absolute atomic E-state index is 12.2. The highest BCUT2D eigenvalue weighted by Crippen LogP contribution is 2.26. The van der Waals surface area contributed by atoms with Gasteiger partial charge < -0.3 is 16.0 Å². The maximum Gasteiger partial charge on any atom is 0.274 e. The molecule has 1 aliphatic heterocycles. The number of nitrogen functional groups attached to an aromatic ring is 1. The molecule has 0 radical (unpaired) electrons. The molecule has 1 fully saturated rings. The van der Waals surface area contributed by atoms with E-state index in [9.17, 15) is 4.79 Å². The predicted molar refractivity (Wildman–Crippen MR) is 87.0 cm³/mol. The Morgan fingerprint density at radius 3 is 2.86 bits per heavy atom. The summed E-state index contributed by atoms with van der Waals surface area (Å²) in [6, 6.07) is 5.28. The van der Waals surface area contributed by atoms with Gasteiger partial charge in [-0.3, -0.25) is 4.79 Å². The number of fused-ring (bicyclic) bond motifs is 1. The second kappa shape index (κ2) is 6.46. The molecular formula is C15H18ClN5O. The average Bonchev–Trinajstić information content (AvgIpc) is 3.02. The molecule has 0 atom stereocenters. The first-order valence-electron chi connectivity index (χ1n) is 7.38. The Kier molecular flexibility index (Phi) is 4.40. The van der Waals surface area contributed by atoms with Crippen LogP contribution in [0.2, 0.25) is 5.02 Å². The molecule has 1 saturated heterocycles. The van der Waals surface area contributed by atoms with E-state index in [0.29, 0.717) is 28.2 Å². The zero-order chi connectivity index (χ0) is 15.5. The van der Waals surface area contributed by atoms with Gasteiger partial charge in [0.25, 0.3) is 5.91 Å². The summed E-state index contributed by atoms with van der Waals surface area (Å²) in [5.41, 5.74) is 7.02. The van der Waals surface area contributed by atoms with Gasteiger partial charge in [0.05, 0.1) is 10.7 Å². The molecule has 1 aromatic heterocycles. The average molecular weight is 320 g/mol. The first-order valence-corrected chi connectivity index (χ1v) is 7.75. The molecule has 0 spiro atoms. The Morgan fingerprint density at radius 1 is 1.32 bits per heavy atom. The van der Waals surface area contributed by atoms with Crippen LogP contribution in [0.1, 0.15) is 23.3 Å². The molecule has 7 heteroatoms. The van der Waals surface area contributed by atoms with Gasteiger partial charge in [-0.1, -0.05) is 23.7 Å². The summed E-state index contributed by atoms with van der Waals surface area (Å²) in [5.74, 6) is -0.300. The third kappa shape index (κ3) is 2.98. The molecule has 1 aromatic carbocycles. The number of carbonyl (C=O) groups excluding carboxylic acids is 1. The Morgan fingerprint density at radius 2 is 2.09 bits per heavy atom. The van der Waals surface area contributed by atoms with Crippen LogP contribution in [0.5, 0.6) is 0 Å². The van der Waals surface area contributed by atoms with Crippen LogP contribution in [-0.2, 0) is 0 Å². The summed E-state index contributed by atoms with van der Waals surface area (Å²) < 4.78 is 0. The van der Waals surface area contributed by atoms with Crippen LogP contribution in [0, 0.1) is 0 Å². The minimum Gasteiger partial charge on any atom is -0.396 e. The number of carbonyl (C=O) groups is 1. The predicted octanol–water partition coefficient (Wildman–Crippen LogP) is 1.69. The number of hydrogen-bond acceptors (Lipinski definition) is 5. The standard InChI is InChI=1S/C15H18ClN5O/c16-11-5-3-4-10-12(17)14(20-19-13(10)11)15(22)18-6-9-21-7-1-2-8-21/h3-5H,1-2,6-9H2,(H2,17,19)(H,18,22). The zero-order valence-corrected chi connectivity index (χ0v) is 12.9. The third-order valence-corrected chi connectivity index (χ3v) is 4.21. The van der Waals surface area contributed by atoms with Crippen molar-refractivity contribution in [2.24, 2.45) is 0 Å². The molecule has 3 N–H and O–H groups in total. The summed E-state index contributed by atoms with van der Waals surface area (Å²) in [6.45, 7) is 3.63. The lowest BCUT2D eigenvalue weighted by molar-refractivity contribution is 0.0945. The highest BCUT2D eigenvalue weighted by atomic mass is 35.5. The van der Waals surface area contributed by atoms with Crippen molar-refractivity contribution in [1.82, 2.24) is 20.4 Å². The normalized spacial score (nSPS) is 15.3. The number of likely N-dealkylation sites (tertiary alicyclic amines) is 1. The van der Waals surface area contributed by atoms with Crippen LogP contribution in [-0.4, -0.2) is 47.2 Å². The molecule has 6 nitrogen and oxygen atoms in total. The van der Waals surface area contributed by atoms with Crippen LogP contribution < -0.4 is 11.1 Å². The van der Waals surface area contributed by atoms with Crippen molar-refractivity contribution >= 4 is 34.1 Å². The highest BCUT2D eigenvalue weighted by Gasteiger charge is 2.17. The summed E-state index contributed by atoms with van der Waals surface area (Å²) in [4.78, 5) is 14.6. The molecular weight excluding hydrogens is 302 g/mol. The van der Waals surface area contributed by atoms with E-state index in [-0.39, 0.29) is 11.6 Å². The van der Waals surface area contributed by atoms with Gasteiger partial charge in [-0.15, -0.1) is 10.2 Å². The molecule has 3 rings (SSSR count). The van der Waals surface area contributed by atoms with Crippen molar-refractivity contribution in [2.75, 3.05) is 31.9 Å². The van der Waals surface area contributed by atoms with Crippen molar-refractivity contribution in [3.63, 3.8) is 0 Å². The van der Waals surface area contributed by atoms with Gasteiger partial charge in [-0.2, -0.15) is 0 Å². The van der Waals surface area contributed by atoms with E-state index in [4.69, 9.17) is 17.3 Å². The smallest absolute Gasteiger partial charge is 0.274 e. The third-order valence-electron chi connectivity index (χ3n) is 3.91. The second-order valence-corrected chi connectivity index (χ2v) is 5.81. The van der Waals surface area contributed by atoms with Crippen LogP contribution in [0.4, 0.5) is 5.69 Å². The topological polar surface area (TPSA) is 84.1 Å². The van der Waals surface area contributed by atoms with Crippen molar-refractivity contribution < 1.29 is 4.79 Å². The number of hydrogen-bond donors (Lipinski definition) is 2. The van der Waals surface area contributed by atoms with Crippen molar-refractivity contribution in [1.29, 1.82) is 0 Å². The van der Waals surface area contributed by atoms with E-state index >= 15 is 0 Å². The van der Waals surface area contributed by atoms with Crippen LogP contribution in [0.25, 0.3) is 10.9 Å². The van der Waals surface area contributed by atoms with Gasteiger partial charge in [0, 0.05) is 18.5 Å². The van der Waals surface area contributed by atoms with Gasteiger partial charge >= 0.3 is 0 Å². The zero-order valence-electron chi connectivity index (χ0n) is 12.2. The van der Waals surface area contributed by atoms with Gasteiger partial charge in [0.15, 0.2) is 5.69 Å². The van der Waals surface area contributed by atoms with E-state index < -0.39 is 0 Å². The molecule has 2 heterocycles. The molecule has 0 unspecified atom stereocenters. The number of anilines is 1. The number of nitrogens with zero attached hydrogens (tertiary/aromatic N) is 3. The lowest BCUT2D eigenvalue weighted by Crippen LogP contribution is -2.34.